The molecule has 3 aromatic carbocycles. The first-order chi connectivity index (χ1) is 18.9. The zero-order valence-corrected chi connectivity index (χ0v) is 22.8. The smallest absolute Gasteiger partial charge is 0.333 e. The molecule has 0 saturated heterocycles. The molecule has 0 aromatic heterocycles. The Morgan fingerprint density at radius 2 is 1.64 bits per heavy atom. The number of ether oxygens (including phenoxy) is 3. The molecule has 0 spiro atoms. The molecule has 9 heteroatoms. The number of halogens is 1. The van der Waals surface area contributed by atoms with Crippen LogP contribution in [0.4, 0.5) is 10.5 Å². The van der Waals surface area contributed by atoms with Crippen LogP contribution in [0.5, 0.6) is 5.75 Å². The van der Waals surface area contributed by atoms with Crippen LogP contribution >= 0.6 is 11.6 Å². The molecule has 2 amide bonds. The molecule has 3 rings (SSSR count). The normalized spacial score (nSPS) is 11.5. The Morgan fingerprint density at radius 3 is 2.31 bits per heavy atom. The number of carbonyl (C=O) groups is 2. The van der Waals surface area contributed by atoms with Gasteiger partial charge in [-0.15, -0.1) is 0 Å². The fourth-order valence-corrected chi connectivity index (χ4v) is 3.93. The van der Waals surface area contributed by atoms with Crippen molar-refractivity contribution in [1.82, 2.24) is 4.90 Å². The van der Waals surface area contributed by atoms with Gasteiger partial charge in [0, 0.05) is 36.9 Å². The van der Waals surface area contributed by atoms with Gasteiger partial charge in [0.05, 0.1) is 13.2 Å². The van der Waals surface area contributed by atoms with Gasteiger partial charge in [-0.2, -0.15) is 0 Å². The molecule has 0 bridgehead atoms. The van der Waals surface area contributed by atoms with Crippen molar-refractivity contribution >= 4 is 29.3 Å². The van der Waals surface area contributed by atoms with Crippen LogP contribution in [0.25, 0.3) is 0 Å². The second-order valence-electron chi connectivity index (χ2n) is 8.79. The van der Waals surface area contributed by atoms with Crippen molar-refractivity contribution in [3.8, 4) is 5.75 Å². The van der Waals surface area contributed by atoms with Crippen LogP contribution in [0.2, 0.25) is 5.02 Å². The molecule has 1 atom stereocenters. The Balaban J connectivity index is 1.50. The number of carboxylic acids is 1. The van der Waals surface area contributed by atoms with Gasteiger partial charge in [0.15, 0.2) is 6.10 Å². The number of hydrogen-bond donors (Lipinski definition) is 2. The predicted octanol–water partition coefficient (Wildman–Crippen LogP) is 5.89. The molecule has 0 aliphatic heterocycles. The van der Waals surface area contributed by atoms with E-state index >= 15 is 0 Å². The number of aliphatic carboxylic acids is 1. The summed E-state index contributed by atoms with van der Waals surface area (Å²) in [5.41, 5.74) is 2.59. The van der Waals surface area contributed by atoms with E-state index in [1.165, 1.54) is 0 Å². The Kier molecular flexibility index (Phi) is 12.6. The molecule has 0 aliphatic carbocycles. The maximum Gasteiger partial charge on any atom is 0.333 e. The van der Waals surface area contributed by atoms with E-state index in [0.29, 0.717) is 55.8 Å². The van der Waals surface area contributed by atoms with Crippen molar-refractivity contribution in [2.45, 2.75) is 32.5 Å². The lowest BCUT2D eigenvalue weighted by atomic mass is 10.1. The molecule has 0 saturated carbocycles. The van der Waals surface area contributed by atoms with E-state index in [-0.39, 0.29) is 19.1 Å². The molecule has 208 valence electrons. The maximum absolute atomic E-state index is 13.0. The number of amides is 2. The lowest BCUT2D eigenvalue weighted by Gasteiger charge is -2.23. The summed E-state index contributed by atoms with van der Waals surface area (Å²) < 4.78 is 16.9. The zero-order chi connectivity index (χ0) is 27.9. The molecule has 3 aromatic rings. The number of nitrogens with one attached hydrogen (secondary N) is 1. The summed E-state index contributed by atoms with van der Waals surface area (Å²) in [6, 6.07) is 23.9. The van der Waals surface area contributed by atoms with Crippen molar-refractivity contribution in [1.29, 1.82) is 0 Å². The highest BCUT2D eigenvalue weighted by Gasteiger charge is 2.18. The monoisotopic (exact) mass is 554 g/mol. The Labute approximate surface area is 234 Å². The molecule has 0 heterocycles. The van der Waals surface area contributed by atoms with Crippen molar-refractivity contribution in [3.63, 3.8) is 0 Å². The maximum atomic E-state index is 13.0. The van der Waals surface area contributed by atoms with Crippen LogP contribution < -0.4 is 10.1 Å². The number of nitrogens with zero attached hydrogens (tertiary/aromatic N) is 1. The van der Waals surface area contributed by atoms with Crippen molar-refractivity contribution < 1.29 is 28.9 Å². The highest BCUT2D eigenvalue weighted by atomic mass is 35.5. The molecule has 0 radical (unpaired) electrons. The number of benzene rings is 3. The number of rotatable bonds is 16. The number of carboxylic acid groups (broad SMARTS) is 1. The second-order valence-corrected chi connectivity index (χ2v) is 9.23. The van der Waals surface area contributed by atoms with Crippen molar-refractivity contribution in [3.05, 3.63) is 95.0 Å². The molecule has 0 fully saturated rings. The molecule has 8 nitrogen and oxygen atoms in total. The summed E-state index contributed by atoms with van der Waals surface area (Å²) in [5.74, 6) is -0.356. The van der Waals surface area contributed by atoms with E-state index in [0.717, 1.165) is 11.1 Å². The van der Waals surface area contributed by atoms with E-state index in [1.807, 2.05) is 42.5 Å². The van der Waals surface area contributed by atoms with Gasteiger partial charge >= 0.3 is 12.0 Å². The van der Waals surface area contributed by atoms with Gasteiger partial charge in [-0.3, -0.25) is 0 Å². The topological polar surface area (TPSA) is 97.3 Å². The van der Waals surface area contributed by atoms with Gasteiger partial charge in [0.1, 0.15) is 12.4 Å². The zero-order valence-electron chi connectivity index (χ0n) is 22.1. The second kappa shape index (κ2) is 16.4. The SMILES string of the molecule is CCOC(Cc1ccc(OCCN(CCCOCc2ccccc2)C(=O)Nc2ccc(Cl)cc2)cc1)C(=O)O. The largest absolute Gasteiger partial charge is 0.492 e. The number of carbonyl (C=O) groups excluding carboxylic acids is 1. The first-order valence-corrected chi connectivity index (χ1v) is 13.3. The van der Waals surface area contributed by atoms with Gasteiger partial charge in [0.2, 0.25) is 0 Å². The van der Waals surface area contributed by atoms with Crippen molar-refractivity contribution in [2.75, 3.05) is 38.2 Å². The van der Waals surface area contributed by atoms with E-state index < -0.39 is 12.1 Å². The Morgan fingerprint density at radius 1 is 0.923 bits per heavy atom. The fraction of sp³-hybridized carbons (Fsp3) is 0.333. The predicted molar refractivity (Wildman–Crippen MR) is 151 cm³/mol. The third kappa shape index (κ3) is 11.0. The number of anilines is 1. The van der Waals surface area contributed by atoms with Crippen LogP contribution in [-0.4, -0.2) is 61.0 Å². The van der Waals surface area contributed by atoms with Gasteiger partial charge in [0.25, 0.3) is 0 Å². The van der Waals surface area contributed by atoms with E-state index in [2.05, 4.69) is 5.32 Å². The molecular weight excluding hydrogens is 520 g/mol. The lowest BCUT2D eigenvalue weighted by Crippen LogP contribution is -2.39. The highest BCUT2D eigenvalue weighted by molar-refractivity contribution is 6.30. The van der Waals surface area contributed by atoms with E-state index in [4.69, 9.17) is 25.8 Å². The first kappa shape index (κ1) is 30.0. The van der Waals surface area contributed by atoms with Crippen LogP contribution in [0.1, 0.15) is 24.5 Å². The Hall–Kier alpha value is -3.59. The summed E-state index contributed by atoms with van der Waals surface area (Å²) in [7, 11) is 0. The van der Waals surface area contributed by atoms with Gasteiger partial charge in [-0.05, 0) is 60.9 Å². The minimum atomic E-state index is -0.986. The molecular formula is C30H35ClN2O6. The highest BCUT2D eigenvalue weighted by Crippen LogP contribution is 2.16. The summed E-state index contributed by atoms with van der Waals surface area (Å²) in [6.07, 6.45) is 0.0559. The first-order valence-electron chi connectivity index (χ1n) is 12.9. The average Bonchev–Trinajstić information content (AvgIpc) is 2.94. The van der Waals surface area contributed by atoms with Crippen molar-refractivity contribution in [2.24, 2.45) is 0 Å². The molecule has 2 N–H and O–H groups in total. The third-order valence-electron chi connectivity index (χ3n) is 5.83. The third-order valence-corrected chi connectivity index (χ3v) is 6.08. The lowest BCUT2D eigenvalue weighted by molar-refractivity contribution is -0.149. The minimum absolute atomic E-state index is 0.241. The average molecular weight is 555 g/mol. The summed E-state index contributed by atoms with van der Waals surface area (Å²) in [4.78, 5) is 26.0. The molecule has 1 unspecified atom stereocenters. The van der Waals surface area contributed by atoms with Crippen LogP contribution in [0, 0.1) is 0 Å². The minimum Gasteiger partial charge on any atom is -0.492 e. The van der Waals surface area contributed by atoms with Gasteiger partial charge in [-0.1, -0.05) is 54.1 Å². The van der Waals surface area contributed by atoms with Gasteiger partial charge < -0.3 is 29.5 Å². The fourth-order valence-electron chi connectivity index (χ4n) is 3.80. The quantitative estimate of drug-likeness (QED) is 0.214. The molecule has 0 aliphatic rings. The molecule has 39 heavy (non-hydrogen) atoms. The summed E-state index contributed by atoms with van der Waals surface area (Å²) in [5, 5.41) is 12.8. The number of urea groups is 1. The standard InChI is InChI=1S/C30H35ClN2O6/c1-2-38-28(29(34)35)21-23-9-15-27(16-10-23)39-20-18-33(30(36)32-26-13-11-25(31)12-14-26)17-6-19-37-22-24-7-4-3-5-8-24/h3-5,7-16,28H,2,6,17-22H2,1H3,(H,32,36)(H,34,35). The van der Waals surface area contributed by atoms with Crippen LogP contribution in [0.3, 0.4) is 0 Å². The number of hydrogen-bond acceptors (Lipinski definition) is 5. The van der Waals surface area contributed by atoms with E-state index in [1.54, 1.807) is 48.2 Å². The summed E-state index contributed by atoms with van der Waals surface area (Å²) in [6.45, 7) is 4.28. The van der Waals surface area contributed by atoms with Gasteiger partial charge in [-0.25, -0.2) is 9.59 Å². The van der Waals surface area contributed by atoms with Crippen LogP contribution in [0.15, 0.2) is 78.9 Å². The Bertz CT molecular complexity index is 1140. The van der Waals surface area contributed by atoms with E-state index in [9.17, 15) is 14.7 Å². The summed E-state index contributed by atoms with van der Waals surface area (Å²) >= 11 is 5.96. The van der Waals surface area contributed by atoms with Crippen LogP contribution in [-0.2, 0) is 27.3 Å².